The number of benzene rings is 3. The number of amides is 1. The first-order valence-electron chi connectivity index (χ1n) is 10.2. The first-order valence-corrected chi connectivity index (χ1v) is 11.6. The number of aromatic nitrogens is 2. The fraction of sp³-hybridized carbons (Fsp3) is 0.125. The molecular weight excluding hydrogens is 476 g/mol. The summed E-state index contributed by atoms with van der Waals surface area (Å²) < 4.78 is 1.52. The van der Waals surface area contributed by atoms with Crippen LogP contribution in [0.5, 0.6) is 0 Å². The molecule has 34 heavy (non-hydrogen) atoms. The Morgan fingerprint density at radius 1 is 1.15 bits per heavy atom. The number of hydrogen-bond acceptors (Lipinski definition) is 6. The molecule has 3 aromatic carbocycles. The van der Waals surface area contributed by atoms with Crippen molar-refractivity contribution in [3.05, 3.63) is 97.3 Å². The maximum Gasteiger partial charge on any atom is 0.271 e. The molecular formula is C24H19ClN4O4S. The highest BCUT2D eigenvalue weighted by molar-refractivity contribution is 7.99. The molecule has 0 bridgehead atoms. The van der Waals surface area contributed by atoms with Crippen molar-refractivity contribution in [2.75, 3.05) is 11.1 Å². The molecule has 0 saturated heterocycles. The number of fused-ring (bicyclic) bond motifs is 1. The Morgan fingerprint density at radius 3 is 2.62 bits per heavy atom. The Kier molecular flexibility index (Phi) is 6.67. The second-order valence-electron chi connectivity index (χ2n) is 7.60. The van der Waals surface area contributed by atoms with E-state index in [1.807, 2.05) is 32.0 Å². The quantitative estimate of drug-likeness (QED) is 0.169. The van der Waals surface area contributed by atoms with E-state index in [0.717, 1.165) is 22.9 Å². The van der Waals surface area contributed by atoms with Gasteiger partial charge in [-0.2, -0.15) is 0 Å². The Morgan fingerprint density at radius 2 is 1.91 bits per heavy atom. The van der Waals surface area contributed by atoms with Crippen LogP contribution in [0.4, 0.5) is 11.4 Å². The highest BCUT2D eigenvalue weighted by atomic mass is 35.5. The zero-order chi connectivity index (χ0) is 24.4. The Bertz CT molecular complexity index is 1500. The highest BCUT2D eigenvalue weighted by Gasteiger charge is 2.17. The van der Waals surface area contributed by atoms with Crippen molar-refractivity contribution in [3.63, 3.8) is 0 Å². The SMILES string of the molecule is Cc1ccc(-n2c(SCC(=O)Nc3ccc([N+](=O)[O-])cc3Cl)nc3ccccc3c2=O)c(C)c1. The van der Waals surface area contributed by atoms with Crippen LogP contribution in [0.1, 0.15) is 11.1 Å². The average molecular weight is 495 g/mol. The lowest BCUT2D eigenvalue weighted by Gasteiger charge is -2.15. The van der Waals surface area contributed by atoms with Crippen LogP contribution in [-0.2, 0) is 4.79 Å². The maximum absolute atomic E-state index is 13.4. The normalized spacial score (nSPS) is 10.9. The molecule has 1 N–H and O–H groups in total. The smallest absolute Gasteiger partial charge is 0.271 e. The summed E-state index contributed by atoms with van der Waals surface area (Å²) in [5.74, 6) is -0.446. The topological polar surface area (TPSA) is 107 Å². The largest absolute Gasteiger partial charge is 0.324 e. The second kappa shape index (κ2) is 9.66. The molecule has 8 nitrogen and oxygen atoms in total. The van der Waals surface area contributed by atoms with Gasteiger partial charge in [0.2, 0.25) is 5.91 Å². The van der Waals surface area contributed by atoms with E-state index >= 15 is 0 Å². The number of anilines is 1. The van der Waals surface area contributed by atoms with Gasteiger partial charge in [-0.05, 0) is 43.7 Å². The molecule has 1 aromatic heterocycles. The molecule has 0 saturated carbocycles. The van der Waals surface area contributed by atoms with Crippen LogP contribution in [0.25, 0.3) is 16.6 Å². The molecule has 0 aliphatic heterocycles. The number of non-ortho nitro benzene ring substituents is 1. The van der Waals surface area contributed by atoms with E-state index in [9.17, 15) is 19.7 Å². The zero-order valence-electron chi connectivity index (χ0n) is 18.2. The minimum atomic E-state index is -0.564. The van der Waals surface area contributed by atoms with E-state index in [4.69, 9.17) is 11.6 Å². The monoisotopic (exact) mass is 494 g/mol. The van der Waals surface area contributed by atoms with Gasteiger partial charge in [-0.3, -0.25) is 24.3 Å². The number of aryl methyl sites for hydroxylation is 2. The van der Waals surface area contributed by atoms with Crippen LogP contribution in [0, 0.1) is 24.0 Å². The minimum absolute atomic E-state index is 0.0526. The summed E-state index contributed by atoms with van der Waals surface area (Å²) >= 11 is 7.19. The number of hydrogen-bond donors (Lipinski definition) is 1. The number of rotatable bonds is 6. The molecule has 0 aliphatic carbocycles. The fourth-order valence-corrected chi connectivity index (χ4v) is 4.54. The number of para-hydroxylation sites is 1. The van der Waals surface area contributed by atoms with Crippen LogP contribution >= 0.6 is 23.4 Å². The number of carbonyl (C=O) groups excluding carboxylic acids is 1. The van der Waals surface area contributed by atoms with Gasteiger partial charge in [0.25, 0.3) is 11.2 Å². The summed E-state index contributed by atoms with van der Waals surface area (Å²) in [6.07, 6.45) is 0. The molecule has 0 fully saturated rings. The third kappa shape index (κ3) is 4.80. The van der Waals surface area contributed by atoms with Crippen molar-refractivity contribution in [1.29, 1.82) is 0 Å². The van der Waals surface area contributed by atoms with E-state index in [1.165, 1.54) is 22.8 Å². The van der Waals surface area contributed by atoms with Crippen LogP contribution in [0.2, 0.25) is 5.02 Å². The Balaban J connectivity index is 1.66. The number of thioether (sulfide) groups is 1. The molecule has 172 valence electrons. The summed E-state index contributed by atoms with van der Waals surface area (Å²) in [6, 6.07) is 16.6. The predicted octanol–water partition coefficient (Wildman–Crippen LogP) is 5.29. The van der Waals surface area contributed by atoms with E-state index in [-0.39, 0.29) is 27.7 Å². The third-order valence-electron chi connectivity index (χ3n) is 5.11. The van der Waals surface area contributed by atoms with E-state index in [1.54, 1.807) is 24.3 Å². The average Bonchev–Trinajstić information content (AvgIpc) is 2.80. The van der Waals surface area contributed by atoms with E-state index in [2.05, 4.69) is 10.3 Å². The Hall–Kier alpha value is -3.69. The van der Waals surface area contributed by atoms with E-state index < -0.39 is 10.8 Å². The van der Waals surface area contributed by atoms with Gasteiger partial charge in [0.1, 0.15) is 0 Å². The maximum atomic E-state index is 13.4. The van der Waals surface area contributed by atoms with Gasteiger partial charge < -0.3 is 5.32 Å². The number of nitro benzene ring substituents is 1. The predicted molar refractivity (Wildman–Crippen MR) is 134 cm³/mol. The van der Waals surface area contributed by atoms with Gasteiger partial charge in [0.05, 0.1) is 38.0 Å². The van der Waals surface area contributed by atoms with Gasteiger partial charge in [0.15, 0.2) is 5.16 Å². The van der Waals surface area contributed by atoms with Crippen LogP contribution in [0.15, 0.2) is 70.6 Å². The molecule has 0 aliphatic rings. The second-order valence-corrected chi connectivity index (χ2v) is 8.95. The molecule has 4 rings (SSSR count). The summed E-state index contributed by atoms with van der Waals surface area (Å²) in [5.41, 5.74) is 3.06. The standard InChI is InChI=1S/C24H19ClN4O4S/c1-14-7-10-21(15(2)11-14)28-23(31)17-5-3-4-6-19(17)27-24(28)34-13-22(30)26-20-9-8-16(29(32)33)12-18(20)25/h3-12H,13H2,1-2H3,(H,26,30). The van der Waals surface area contributed by atoms with Crippen molar-refractivity contribution in [3.8, 4) is 5.69 Å². The number of nitrogens with zero attached hydrogens (tertiary/aromatic N) is 3. The first kappa shape index (κ1) is 23.5. The van der Waals surface area contributed by atoms with Crippen LogP contribution in [0.3, 0.4) is 0 Å². The molecule has 0 radical (unpaired) electrons. The van der Waals surface area contributed by atoms with Crippen LogP contribution in [-0.4, -0.2) is 26.1 Å². The van der Waals surface area contributed by atoms with Crippen molar-refractivity contribution in [1.82, 2.24) is 9.55 Å². The molecule has 4 aromatic rings. The third-order valence-corrected chi connectivity index (χ3v) is 6.36. The molecule has 0 unspecified atom stereocenters. The summed E-state index contributed by atoms with van der Waals surface area (Å²) in [5, 5.41) is 14.4. The van der Waals surface area contributed by atoms with Crippen molar-refractivity contribution >= 4 is 51.5 Å². The lowest BCUT2D eigenvalue weighted by Crippen LogP contribution is -2.23. The molecule has 1 heterocycles. The van der Waals surface area contributed by atoms with Gasteiger partial charge >= 0.3 is 0 Å². The molecule has 10 heteroatoms. The minimum Gasteiger partial charge on any atom is -0.324 e. The lowest BCUT2D eigenvalue weighted by atomic mass is 10.1. The molecule has 0 atom stereocenters. The molecule has 0 spiro atoms. The summed E-state index contributed by atoms with van der Waals surface area (Å²) in [4.78, 5) is 41.0. The van der Waals surface area contributed by atoms with Gasteiger partial charge in [0, 0.05) is 12.1 Å². The number of halogens is 1. The summed E-state index contributed by atoms with van der Waals surface area (Å²) in [6.45, 7) is 3.89. The molecule has 1 amide bonds. The van der Waals surface area contributed by atoms with Crippen molar-refractivity contribution < 1.29 is 9.72 Å². The summed E-state index contributed by atoms with van der Waals surface area (Å²) in [7, 11) is 0. The number of nitrogens with one attached hydrogen (secondary N) is 1. The zero-order valence-corrected chi connectivity index (χ0v) is 19.8. The van der Waals surface area contributed by atoms with Crippen molar-refractivity contribution in [2.45, 2.75) is 19.0 Å². The highest BCUT2D eigenvalue weighted by Crippen LogP contribution is 2.28. The van der Waals surface area contributed by atoms with Gasteiger partial charge in [-0.1, -0.05) is 53.2 Å². The first-order chi connectivity index (χ1) is 16.2. The Labute approximate surface area is 203 Å². The van der Waals surface area contributed by atoms with Crippen LogP contribution < -0.4 is 10.9 Å². The van der Waals surface area contributed by atoms with Gasteiger partial charge in [-0.15, -0.1) is 0 Å². The van der Waals surface area contributed by atoms with Crippen molar-refractivity contribution in [2.24, 2.45) is 0 Å². The number of carbonyl (C=O) groups is 1. The number of nitro groups is 1. The van der Waals surface area contributed by atoms with E-state index in [0.29, 0.717) is 21.7 Å². The lowest BCUT2D eigenvalue weighted by molar-refractivity contribution is -0.384. The fourth-order valence-electron chi connectivity index (χ4n) is 3.51. The van der Waals surface area contributed by atoms with Gasteiger partial charge in [-0.25, -0.2) is 4.98 Å².